The first-order chi connectivity index (χ1) is 8.17. The molecule has 0 radical (unpaired) electrons. The number of rotatable bonds is 1. The van der Waals surface area contributed by atoms with E-state index in [0.29, 0.717) is 18.4 Å². The molecule has 3 rings (SSSR count). The van der Waals surface area contributed by atoms with Gasteiger partial charge in [0, 0.05) is 16.9 Å². The molecule has 18 heavy (non-hydrogen) atoms. The highest BCUT2D eigenvalue weighted by Crippen LogP contribution is 2.68. The molecule has 0 amide bonds. The lowest BCUT2D eigenvalue weighted by Crippen LogP contribution is -2.66. The van der Waals surface area contributed by atoms with Crippen LogP contribution in [0, 0.1) is 16.7 Å². The smallest absolute Gasteiger partial charge is 0.148 e. The van der Waals surface area contributed by atoms with E-state index in [4.69, 9.17) is 0 Å². The molecular formula is C15H22O3. The average Bonchev–Trinajstić information content (AvgIpc) is 2.52. The first-order valence-electron chi connectivity index (χ1n) is 6.80. The van der Waals surface area contributed by atoms with Crippen molar-refractivity contribution < 1.29 is 15.0 Å². The maximum absolute atomic E-state index is 11.2. The number of hydrogen-bond donors (Lipinski definition) is 2. The van der Waals surface area contributed by atoms with Gasteiger partial charge in [-0.05, 0) is 37.2 Å². The summed E-state index contributed by atoms with van der Waals surface area (Å²) in [5.74, 6) is 0.0578. The van der Waals surface area contributed by atoms with Crippen molar-refractivity contribution in [2.75, 3.05) is 0 Å². The molecule has 3 aliphatic rings. The van der Waals surface area contributed by atoms with Gasteiger partial charge in [0.05, 0.1) is 11.2 Å². The molecule has 0 aromatic heterocycles. The quantitative estimate of drug-likeness (QED) is 0.698. The lowest BCUT2D eigenvalue weighted by atomic mass is 9.45. The Morgan fingerprint density at radius 1 is 1.28 bits per heavy atom. The standard InChI is InChI=1S/C15H22O3/c1-12(2)7-11-13(3)4-5-15(13,18)10(8-16)6-14(11,17)9-12/h6,8,11,17-18H,4-5,7,9H2,1-3H3/t11?,13-,14+,15-/m1/s1. The number of carbonyl (C=O) groups excluding carboxylic acids is 1. The van der Waals surface area contributed by atoms with Gasteiger partial charge >= 0.3 is 0 Å². The summed E-state index contributed by atoms with van der Waals surface area (Å²) < 4.78 is 0. The molecule has 100 valence electrons. The summed E-state index contributed by atoms with van der Waals surface area (Å²) in [6.07, 6.45) is 5.49. The van der Waals surface area contributed by atoms with E-state index in [-0.39, 0.29) is 16.7 Å². The Labute approximate surface area is 108 Å². The average molecular weight is 250 g/mol. The molecule has 0 saturated heterocycles. The van der Waals surface area contributed by atoms with Gasteiger partial charge < -0.3 is 10.2 Å². The molecule has 0 aliphatic heterocycles. The molecule has 2 saturated carbocycles. The Morgan fingerprint density at radius 3 is 2.44 bits per heavy atom. The highest BCUT2D eigenvalue weighted by molar-refractivity contribution is 5.79. The Bertz CT molecular complexity index is 453. The zero-order valence-electron chi connectivity index (χ0n) is 11.4. The summed E-state index contributed by atoms with van der Waals surface area (Å²) in [6, 6.07) is 0. The minimum Gasteiger partial charge on any atom is -0.385 e. The fourth-order valence-corrected chi connectivity index (χ4v) is 4.83. The number of aldehydes is 1. The molecule has 1 unspecified atom stereocenters. The van der Waals surface area contributed by atoms with E-state index < -0.39 is 11.2 Å². The summed E-state index contributed by atoms with van der Waals surface area (Å²) in [5, 5.41) is 21.7. The second-order valence-electron chi connectivity index (χ2n) is 7.58. The maximum atomic E-state index is 11.2. The van der Waals surface area contributed by atoms with Crippen molar-refractivity contribution in [2.24, 2.45) is 16.7 Å². The van der Waals surface area contributed by atoms with Crippen LogP contribution in [0.1, 0.15) is 46.5 Å². The predicted octanol–water partition coefficient (Wildman–Crippen LogP) is 1.82. The van der Waals surface area contributed by atoms with Gasteiger partial charge in [-0.25, -0.2) is 0 Å². The van der Waals surface area contributed by atoms with E-state index in [2.05, 4.69) is 13.8 Å². The van der Waals surface area contributed by atoms with Gasteiger partial charge in [-0.3, -0.25) is 4.79 Å². The monoisotopic (exact) mass is 250 g/mol. The van der Waals surface area contributed by atoms with Gasteiger partial charge in [-0.15, -0.1) is 0 Å². The van der Waals surface area contributed by atoms with Crippen LogP contribution >= 0.6 is 0 Å². The van der Waals surface area contributed by atoms with Crippen LogP contribution in [-0.4, -0.2) is 27.7 Å². The highest BCUT2D eigenvalue weighted by Gasteiger charge is 2.70. The van der Waals surface area contributed by atoms with Crippen LogP contribution in [0.2, 0.25) is 0 Å². The Hall–Kier alpha value is -0.670. The van der Waals surface area contributed by atoms with Gasteiger partial charge in [0.15, 0.2) is 0 Å². The Balaban J connectivity index is 2.15. The van der Waals surface area contributed by atoms with Crippen LogP contribution in [0.25, 0.3) is 0 Å². The molecule has 0 spiro atoms. The Kier molecular flexibility index (Phi) is 2.11. The molecule has 3 aliphatic carbocycles. The molecule has 2 N–H and O–H groups in total. The van der Waals surface area contributed by atoms with Crippen LogP contribution < -0.4 is 0 Å². The highest BCUT2D eigenvalue weighted by atomic mass is 16.3. The fourth-order valence-electron chi connectivity index (χ4n) is 4.83. The minimum atomic E-state index is -1.01. The SMILES string of the molecule is CC1(C)CC2[C@](O)(C=C(C=O)[C@]3(O)CC[C@]23C)C1. The Morgan fingerprint density at radius 2 is 1.94 bits per heavy atom. The number of hydrogen-bond acceptors (Lipinski definition) is 3. The summed E-state index contributed by atoms with van der Waals surface area (Å²) in [5.41, 5.74) is -1.81. The third-order valence-corrected chi connectivity index (χ3v) is 5.85. The van der Waals surface area contributed by atoms with Gasteiger partial charge in [0.25, 0.3) is 0 Å². The number of carbonyl (C=O) groups is 1. The zero-order valence-corrected chi connectivity index (χ0v) is 11.4. The number of aliphatic hydroxyl groups is 2. The van der Waals surface area contributed by atoms with Crippen molar-refractivity contribution in [1.82, 2.24) is 0 Å². The van der Waals surface area contributed by atoms with Crippen molar-refractivity contribution in [3.05, 3.63) is 11.6 Å². The van der Waals surface area contributed by atoms with Gasteiger partial charge in [0.2, 0.25) is 0 Å². The van der Waals surface area contributed by atoms with Crippen molar-refractivity contribution in [3.8, 4) is 0 Å². The molecule has 2 fully saturated rings. The molecule has 4 atom stereocenters. The lowest BCUT2D eigenvalue weighted by Gasteiger charge is -2.63. The summed E-state index contributed by atoms with van der Waals surface area (Å²) in [6.45, 7) is 6.33. The third kappa shape index (κ3) is 1.19. The second-order valence-corrected chi connectivity index (χ2v) is 7.58. The van der Waals surface area contributed by atoms with E-state index in [1.165, 1.54) is 0 Å². The fraction of sp³-hybridized carbons (Fsp3) is 0.800. The molecule has 3 nitrogen and oxygen atoms in total. The van der Waals surface area contributed by atoms with Crippen LogP contribution in [0.5, 0.6) is 0 Å². The topological polar surface area (TPSA) is 57.5 Å². The molecule has 0 bridgehead atoms. The first kappa shape index (κ1) is 12.4. The van der Waals surface area contributed by atoms with E-state index in [9.17, 15) is 15.0 Å². The van der Waals surface area contributed by atoms with Crippen molar-refractivity contribution in [2.45, 2.75) is 57.7 Å². The van der Waals surface area contributed by atoms with Crippen molar-refractivity contribution in [3.63, 3.8) is 0 Å². The maximum Gasteiger partial charge on any atom is 0.148 e. The van der Waals surface area contributed by atoms with E-state index in [0.717, 1.165) is 19.1 Å². The number of fused-ring (bicyclic) bond motifs is 3. The van der Waals surface area contributed by atoms with E-state index >= 15 is 0 Å². The van der Waals surface area contributed by atoms with Gasteiger partial charge in [-0.2, -0.15) is 0 Å². The largest absolute Gasteiger partial charge is 0.385 e. The van der Waals surface area contributed by atoms with Crippen LogP contribution in [0.15, 0.2) is 11.6 Å². The summed E-state index contributed by atoms with van der Waals surface area (Å²) >= 11 is 0. The zero-order chi connectivity index (χ0) is 13.4. The molecular weight excluding hydrogens is 228 g/mol. The van der Waals surface area contributed by atoms with E-state index in [1.807, 2.05) is 6.92 Å². The second kappa shape index (κ2) is 3.07. The predicted molar refractivity (Wildman–Crippen MR) is 67.9 cm³/mol. The normalized spacial score (nSPS) is 52.9. The summed E-state index contributed by atoms with van der Waals surface area (Å²) in [4.78, 5) is 11.2. The third-order valence-electron chi connectivity index (χ3n) is 5.85. The van der Waals surface area contributed by atoms with Crippen LogP contribution in [0.4, 0.5) is 0 Å². The minimum absolute atomic E-state index is 0.0578. The van der Waals surface area contributed by atoms with Crippen LogP contribution in [-0.2, 0) is 4.79 Å². The van der Waals surface area contributed by atoms with Gasteiger partial charge in [-0.1, -0.05) is 20.8 Å². The molecule has 0 aromatic carbocycles. The first-order valence-corrected chi connectivity index (χ1v) is 6.80. The van der Waals surface area contributed by atoms with Crippen LogP contribution in [0.3, 0.4) is 0 Å². The summed E-state index contributed by atoms with van der Waals surface area (Å²) in [7, 11) is 0. The van der Waals surface area contributed by atoms with Crippen molar-refractivity contribution >= 4 is 6.29 Å². The van der Waals surface area contributed by atoms with E-state index in [1.54, 1.807) is 6.08 Å². The molecule has 0 aromatic rings. The van der Waals surface area contributed by atoms with Gasteiger partial charge in [0.1, 0.15) is 6.29 Å². The van der Waals surface area contributed by atoms with Crippen molar-refractivity contribution in [1.29, 1.82) is 0 Å². The lowest BCUT2D eigenvalue weighted by molar-refractivity contribution is -0.199. The molecule has 3 heteroatoms. The molecule has 0 heterocycles.